The maximum atomic E-state index is 12.3. The Balaban J connectivity index is 1.23. The van der Waals surface area contributed by atoms with Gasteiger partial charge in [-0.15, -0.1) is 0 Å². The minimum absolute atomic E-state index is 0.0141. The number of hydrogen-bond donors (Lipinski definition) is 1. The number of rotatable bonds is 6. The van der Waals surface area contributed by atoms with Crippen LogP contribution in [0.4, 0.5) is 0 Å². The fraction of sp³-hybridized carbons (Fsp3) is 0.409. The number of para-hydroxylation sites is 1. The van der Waals surface area contributed by atoms with Gasteiger partial charge in [-0.05, 0) is 49.2 Å². The molecule has 2 aliphatic rings. The second-order valence-corrected chi connectivity index (χ2v) is 7.27. The van der Waals surface area contributed by atoms with E-state index in [1.165, 1.54) is 0 Å². The van der Waals surface area contributed by atoms with Crippen molar-refractivity contribution < 1.29 is 23.7 Å². The van der Waals surface area contributed by atoms with Gasteiger partial charge in [0.15, 0.2) is 6.61 Å². The molecule has 2 heterocycles. The summed E-state index contributed by atoms with van der Waals surface area (Å²) in [7, 11) is 0. The van der Waals surface area contributed by atoms with E-state index < -0.39 is 0 Å². The highest BCUT2D eigenvalue weighted by atomic mass is 16.6. The molecule has 0 saturated carbocycles. The van der Waals surface area contributed by atoms with Crippen molar-refractivity contribution in [3.05, 3.63) is 54.6 Å². The molecule has 0 unspecified atom stereocenters. The molecule has 0 radical (unpaired) electrons. The van der Waals surface area contributed by atoms with E-state index in [1.807, 2.05) is 42.5 Å². The van der Waals surface area contributed by atoms with E-state index in [9.17, 15) is 4.79 Å². The van der Waals surface area contributed by atoms with E-state index in [-0.39, 0.29) is 24.2 Å². The molecular formula is C22H25NO5. The number of carbonyl (C=O) groups excluding carboxylic acids is 1. The predicted molar refractivity (Wildman–Crippen MR) is 104 cm³/mol. The number of hydrogen-bond acceptors (Lipinski definition) is 5. The van der Waals surface area contributed by atoms with Crippen molar-refractivity contribution in [2.45, 2.75) is 30.9 Å². The van der Waals surface area contributed by atoms with Gasteiger partial charge in [-0.1, -0.05) is 18.2 Å². The number of ether oxygens (including phenoxy) is 4. The van der Waals surface area contributed by atoms with Gasteiger partial charge >= 0.3 is 0 Å². The molecule has 28 heavy (non-hydrogen) atoms. The zero-order chi connectivity index (χ0) is 19.2. The molecule has 2 aromatic carbocycles. The Hall–Kier alpha value is -2.57. The van der Waals surface area contributed by atoms with Gasteiger partial charge in [-0.25, -0.2) is 0 Å². The first-order chi connectivity index (χ1) is 13.7. The fourth-order valence-electron chi connectivity index (χ4n) is 3.66. The number of nitrogens with one attached hydrogen (secondary N) is 1. The number of amides is 1. The summed E-state index contributed by atoms with van der Waals surface area (Å²) >= 11 is 0. The first-order valence-electron chi connectivity index (χ1n) is 9.68. The predicted octanol–water partition coefficient (Wildman–Crippen LogP) is 3.31. The van der Waals surface area contributed by atoms with Crippen LogP contribution in [0.1, 0.15) is 19.3 Å². The Morgan fingerprint density at radius 1 is 1.04 bits per heavy atom. The van der Waals surface area contributed by atoms with E-state index in [1.54, 1.807) is 12.1 Å². The molecule has 2 aliphatic heterocycles. The van der Waals surface area contributed by atoms with Crippen LogP contribution in [0.25, 0.3) is 0 Å². The molecule has 2 atom stereocenters. The molecule has 2 fully saturated rings. The first kappa shape index (κ1) is 18.8. The van der Waals surface area contributed by atoms with E-state index in [2.05, 4.69) is 5.32 Å². The summed E-state index contributed by atoms with van der Waals surface area (Å²) in [6.45, 7) is 1.98. The molecule has 0 bridgehead atoms. The van der Waals surface area contributed by atoms with Crippen molar-refractivity contribution in [1.29, 1.82) is 0 Å². The molecule has 6 nitrogen and oxygen atoms in total. The molecule has 2 saturated heterocycles. The van der Waals surface area contributed by atoms with Crippen LogP contribution in [-0.4, -0.2) is 44.0 Å². The molecule has 6 heteroatoms. The van der Waals surface area contributed by atoms with Gasteiger partial charge in [0.25, 0.3) is 5.91 Å². The number of carbonyl (C=O) groups is 1. The summed E-state index contributed by atoms with van der Waals surface area (Å²) in [6.07, 6.45) is 2.51. The Kier molecular flexibility index (Phi) is 5.78. The zero-order valence-corrected chi connectivity index (χ0v) is 15.8. The maximum Gasteiger partial charge on any atom is 0.258 e. The normalized spacial score (nSPS) is 24.1. The highest BCUT2D eigenvalue weighted by molar-refractivity contribution is 5.77. The molecule has 1 amide bonds. The maximum absolute atomic E-state index is 12.3. The molecule has 0 aliphatic carbocycles. The summed E-state index contributed by atoms with van der Waals surface area (Å²) < 4.78 is 22.7. The van der Waals surface area contributed by atoms with Gasteiger partial charge in [-0.2, -0.15) is 0 Å². The topological polar surface area (TPSA) is 66.0 Å². The third-order valence-corrected chi connectivity index (χ3v) is 5.10. The smallest absolute Gasteiger partial charge is 0.258 e. The van der Waals surface area contributed by atoms with Gasteiger partial charge < -0.3 is 24.3 Å². The summed E-state index contributed by atoms with van der Waals surface area (Å²) in [4.78, 5) is 12.3. The molecule has 2 aromatic rings. The Labute approximate surface area is 164 Å². The van der Waals surface area contributed by atoms with Crippen LogP contribution in [0, 0.1) is 0 Å². The van der Waals surface area contributed by atoms with Gasteiger partial charge in [0.05, 0.1) is 12.2 Å². The summed E-state index contributed by atoms with van der Waals surface area (Å²) in [6, 6.07) is 16.9. The van der Waals surface area contributed by atoms with Crippen LogP contribution >= 0.6 is 0 Å². The average molecular weight is 383 g/mol. The van der Waals surface area contributed by atoms with Crippen molar-refractivity contribution in [3.8, 4) is 17.2 Å². The highest BCUT2D eigenvalue weighted by Crippen LogP contribution is 2.32. The summed E-state index contributed by atoms with van der Waals surface area (Å²) in [5.41, 5.74) is -0.217. The van der Waals surface area contributed by atoms with E-state index >= 15 is 0 Å². The standard InChI is InChI=1S/C22H25NO5/c24-21(23-17-10-12-27-22(14-17)11-13-25-16-22)15-26-18-6-8-20(9-7-18)28-19-4-2-1-3-5-19/h1-9,17H,10-16H2,(H,23,24)/t17-,22-/m1/s1. The van der Waals surface area contributed by atoms with Crippen LogP contribution in [0.15, 0.2) is 54.6 Å². The van der Waals surface area contributed by atoms with E-state index in [0.717, 1.165) is 31.6 Å². The van der Waals surface area contributed by atoms with Crippen molar-refractivity contribution in [2.24, 2.45) is 0 Å². The average Bonchev–Trinajstić information content (AvgIpc) is 3.16. The lowest BCUT2D eigenvalue weighted by atomic mass is 9.90. The first-order valence-corrected chi connectivity index (χ1v) is 9.68. The summed E-state index contributed by atoms with van der Waals surface area (Å²) in [5.74, 6) is 2.00. The van der Waals surface area contributed by atoms with E-state index in [4.69, 9.17) is 18.9 Å². The Morgan fingerprint density at radius 3 is 2.54 bits per heavy atom. The lowest BCUT2D eigenvalue weighted by Gasteiger charge is -2.37. The third-order valence-electron chi connectivity index (χ3n) is 5.10. The molecule has 0 aromatic heterocycles. The lowest BCUT2D eigenvalue weighted by Crippen LogP contribution is -2.49. The van der Waals surface area contributed by atoms with Crippen LogP contribution in [0.5, 0.6) is 17.2 Å². The van der Waals surface area contributed by atoms with Crippen molar-refractivity contribution in [1.82, 2.24) is 5.32 Å². The van der Waals surface area contributed by atoms with Gasteiger partial charge in [0.2, 0.25) is 0 Å². The van der Waals surface area contributed by atoms with Crippen LogP contribution in [0.2, 0.25) is 0 Å². The third kappa shape index (κ3) is 4.82. The molecule has 4 rings (SSSR count). The minimum atomic E-state index is -0.217. The van der Waals surface area contributed by atoms with Crippen LogP contribution in [0.3, 0.4) is 0 Å². The highest BCUT2D eigenvalue weighted by Gasteiger charge is 2.41. The minimum Gasteiger partial charge on any atom is -0.484 e. The SMILES string of the molecule is O=C(COc1ccc(Oc2ccccc2)cc1)N[C@@H]1CCO[C@]2(CCOC2)C1. The van der Waals surface area contributed by atoms with Crippen LogP contribution < -0.4 is 14.8 Å². The fourth-order valence-corrected chi connectivity index (χ4v) is 3.66. The number of benzene rings is 2. The molecular weight excluding hydrogens is 358 g/mol. The van der Waals surface area contributed by atoms with Gasteiger partial charge in [0, 0.05) is 25.7 Å². The monoisotopic (exact) mass is 383 g/mol. The quantitative estimate of drug-likeness (QED) is 0.829. The van der Waals surface area contributed by atoms with Crippen molar-refractivity contribution >= 4 is 5.91 Å². The van der Waals surface area contributed by atoms with Crippen molar-refractivity contribution in [3.63, 3.8) is 0 Å². The Bertz CT molecular complexity index is 771. The van der Waals surface area contributed by atoms with Gasteiger partial charge in [0.1, 0.15) is 17.2 Å². The zero-order valence-electron chi connectivity index (χ0n) is 15.8. The van der Waals surface area contributed by atoms with Crippen molar-refractivity contribution in [2.75, 3.05) is 26.4 Å². The lowest BCUT2D eigenvalue weighted by molar-refractivity contribution is -0.127. The second kappa shape index (κ2) is 8.63. The summed E-state index contributed by atoms with van der Waals surface area (Å²) in [5, 5.41) is 3.06. The molecule has 1 N–H and O–H groups in total. The van der Waals surface area contributed by atoms with E-state index in [0.29, 0.717) is 24.7 Å². The Morgan fingerprint density at radius 2 is 1.79 bits per heavy atom. The molecule has 1 spiro atoms. The van der Waals surface area contributed by atoms with Crippen LogP contribution in [-0.2, 0) is 14.3 Å². The second-order valence-electron chi connectivity index (χ2n) is 7.27. The van der Waals surface area contributed by atoms with Gasteiger partial charge in [-0.3, -0.25) is 4.79 Å². The largest absolute Gasteiger partial charge is 0.484 e. The molecule has 148 valence electrons.